The van der Waals surface area contributed by atoms with E-state index in [4.69, 9.17) is 16.3 Å². The molecule has 0 heterocycles. The lowest BCUT2D eigenvalue weighted by Crippen LogP contribution is -2.27. The van der Waals surface area contributed by atoms with Gasteiger partial charge in [0.15, 0.2) is 0 Å². The topological polar surface area (TPSA) is 29.5 Å². The first-order valence-electron chi connectivity index (χ1n) is 7.15. The maximum absolute atomic E-state index is 10.9. The fourth-order valence-corrected chi connectivity index (χ4v) is 2.77. The first kappa shape index (κ1) is 15.9. The second-order valence-corrected chi connectivity index (χ2v) is 5.56. The highest BCUT2D eigenvalue weighted by Crippen LogP contribution is 2.31. The Hall–Kier alpha value is -1.51. The van der Waals surface area contributed by atoms with E-state index >= 15 is 0 Å². The lowest BCUT2D eigenvalue weighted by molar-refractivity contribution is 0.0245. The molecule has 2 aromatic carbocycles. The van der Waals surface area contributed by atoms with Crippen molar-refractivity contribution in [3.63, 3.8) is 0 Å². The number of aliphatic hydroxyl groups is 1. The third-order valence-electron chi connectivity index (χ3n) is 3.81. The number of alkyl halides is 1. The first-order valence-corrected chi connectivity index (χ1v) is 7.68. The van der Waals surface area contributed by atoms with Crippen molar-refractivity contribution in [1.29, 1.82) is 0 Å². The summed E-state index contributed by atoms with van der Waals surface area (Å²) in [4.78, 5) is 0. The number of ether oxygens (including phenoxy) is 1. The molecule has 0 radical (unpaired) electrons. The minimum absolute atomic E-state index is 0.438. The molecule has 3 heteroatoms. The van der Waals surface area contributed by atoms with E-state index in [1.54, 1.807) is 7.11 Å². The lowest BCUT2D eigenvalue weighted by Gasteiger charge is -2.28. The van der Waals surface area contributed by atoms with E-state index in [-0.39, 0.29) is 0 Å². The second kappa shape index (κ2) is 7.48. The van der Waals surface area contributed by atoms with Gasteiger partial charge in [-0.2, -0.15) is 0 Å². The molecule has 1 atom stereocenters. The van der Waals surface area contributed by atoms with E-state index < -0.39 is 5.60 Å². The molecule has 1 N–H and O–H groups in total. The number of benzene rings is 2. The van der Waals surface area contributed by atoms with E-state index in [1.807, 2.05) is 54.6 Å². The van der Waals surface area contributed by atoms with Gasteiger partial charge in [-0.3, -0.25) is 0 Å². The van der Waals surface area contributed by atoms with E-state index in [2.05, 4.69) is 0 Å². The molecule has 0 spiro atoms. The van der Waals surface area contributed by atoms with Gasteiger partial charge in [0.05, 0.1) is 12.7 Å². The number of methoxy groups -OCH3 is 1. The van der Waals surface area contributed by atoms with Gasteiger partial charge in [-0.15, -0.1) is 11.6 Å². The molecule has 0 aromatic heterocycles. The van der Waals surface area contributed by atoms with E-state index in [9.17, 15) is 5.11 Å². The van der Waals surface area contributed by atoms with Crippen molar-refractivity contribution in [2.75, 3.05) is 13.0 Å². The molecule has 0 saturated carbocycles. The largest absolute Gasteiger partial charge is 0.497 e. The fraction of sp³-hybridized carbons (Fsp3) is 0.333. The van der Waals surface area contributed by atoms with Gasteiger partial charge in [0, 0.05) is 5.88 Å². The molecule has 0 bridgehead atoms. The molecule has 2 nitrogen and oxygen atoms in total. The molecule has 0 amide bonds. The summed E-state index contributed by atoms with van der Waals surface area (Å²) in [6, 6.07) is 17.7. The third-order valence-corrected chi connectivity index (χ3v) is 3.99. The Kier molecular flexibility index (Phi) is 5.66. The van der Waals surface area contributed by atoms with Gasteiger partial charge >= 0.3 is 0 Å². The molecular formula is C18H21ClO2. The molecule has 2 rings (SSSR count). The van der Waals surface area contributed by atoms with Crippen LogP contribution in [0.25, 0.3) is 0 Å². The van der Waals surface area contributed by atoms with Gasteiger partial charge in [-0.05, 0) is 42.5 Å². The van der Waals surface area contributed by atoms with Gasteiger partial charge in [-0.25, -0.2) is 0 Å². The Labute approximate surface area is 131 Å². The van der Waals surface area contributed by atoms with E-state index in [0.29, 0.717) is 18.7 Å². The number of aryl methyl sites for hydroxylation is 1. The van der Waals surface area contributed by atoms with Crippen molar-refractivity contribution in [3.8, 4) is 5.75 Å². The predicted octanol–water partition coefficient (Wildman–Crippen LogP) is 4.14. The highest BCUT2D eigenvalue weighted by molar-refractivity contribution is 6.17. The molecule has 0 aliphatic carbocycles. The molecular weight excluding hydrogens is 284 g/mol. The zero-order valence-electron chi connectivity index (χ0n) is 12.3. The van der Waals surface area contributed by atoms with Gasteiger partial charge in [0.1, 0.15) is 5.75 Å². The zero-order chi connectivity index (χ0) is 15.1. The maximum Gasteiger partial charge on any atom is 0.118 e. The quantitative estimate of drug-likeness (QED) is 0.779. The van der Waals surface area contributed by atoms with Crippen molar-refractivity contribution in [1.82, 2.24) is 0 Å². The van der Waals surface area contributed by atoms with Crippen LogP contribution in [-0.2, 0) is 12.0 Å². The average molecular weight is 305 g/mol. The predicted molar refractivity (Wildman–Crippen MR) is 87.0 cm³/mol. The summed E-state index contributed by atoms with van der Waals surface area (Å²) in [5, 5.41) is 10.9. The van der Waals surface area contributed by atoms with Crippen molar-refractivity contribution < 1.29 is 9.84 Å². The van der Waals surface area contributed by atoms with Crippen molar-refractivity contribution >= 4 is 11.6 Å². The summed E-state index contributed by atoms with van der Waals surface area (Å²) in [7, 11) is 1.66. The summed E-state index contributed by atoms with van der Waals surface area (Å²) in [5.41, 5.74) is 1.24. The van der Waals surface area contributed by atoms with Crippen molar-refractivity contribution in [3.05, 3.63) is 65.7 Å². The molecule has 0 aliphatic heterocycles. The monoisotopic (exact) mass is 304 g/mol. The Morgan fingerprint density at radius 1 is 1.00 bits per heavy atom. The molecule has 2 aromatic rings. The average Bonchev–Trinajstić information content (AvgIpc) is 2.54. The summed E-state index contributed by atoms with van der Waals surface area (Å²) in [6.45, 7) is 0. The van der Waals surface area contributed by atoms with E-state index in [0.717, 1.165) is 17.7 Å². The zero-order valence-corrected chi connectivity index (χ0v) is 13.0. The van der Waals surface area contributed by atoms with Crippen LogP contribution < -0.4 is 4.74 Å². The smallest absolute Gasteiger partial charge is 0.118 e. The molecule has 0 saturated heterocycles. The maximum atomic E-state index is 10.9. The van der Waals surface area contributed by atoms with Gasteiger partial charge in [-0.1, -0.05) is 42.5 Å². The summed E-state index contributed by atoms with van der Waals surface area (Å²) in [6.07, 6.45) is 2.00. The first-order chi connectivity index (χ1) is 10.2. The van der Waals surface area contributed by atoms with Gasteiger partial charge in [0.2, 0.25) is 0 Å². The number of rotatable bonds is 7. The Morgan fingerprint density at radius 3 is 2.24 bits per heavy atom. The lowest BCUT2D eigenvalue weighted by atomic mass is 9.85. The highest BCUT2D eigenvalue weighted by atomic mass is 35.5. The molecule has 0 fully saturated rings. The van der Waals surface area contributed by atoms with Crippen LogP contribution >= 0.6 is 11.6 Å². The van der Waals surface area contributed by atoms with Crippen LogP contribution in [0.2, 0.25) is 0 Å². The van der Waals surface area contributed by atoms with Crippen molar-refractivity contribution in [2.45, 2.75) is 24.9 Å². The SMILES string of the molecule is COc1ccc(CCC(O)(CCCl)c2ccccc2)cc1. The minimum Gasteiger partial charge on any atom is -0.497 e. The summed E-state index contributed by atoms with van der Waals surface area (Å²) >= 11 is 5.88. The second-order valence-electron chi connectivity index (χ2n) is 5.18. The number of halogens is 1. The Morgan fingerprint density at radius 2 is 1.67 bits per heavy atom. The Bertz CT molecular complexity index is 539. The Balaban J connectivity index is 2.09. The van der Waals surface area contributed by atoms with Crippen LogP contribution in [0, 0.1) is 0 Å². The van der Waals surface area contributed by atoms with Crippen LogP contribution in [0.3, 0.4) is 0 Å². The number of hydrogen-bond donors (Lipinski definition) is 1. The number of hydrogen-bond acceptors (Lipinski definition) is 2. The third kappa shape index (κ3) is 4.23. The summed E-state index contributed by atoms with van der Waals surface area (Å²) < 4.78 is 5.16. The molecule has 21 heavy (non-hydrogen) atoms. The van der Waals surface area contributed by atoms with Crippen LogP contribution in [-0.4, -0.2) is 18.1 Å². The van der Waals surface area contributed by atoms with Crippen LogP contribution in [0.4, 0.5) is 0 Å². The fourth-order valence-electron chi connectivity index (χ4n) is 2.46. The molecule has 0 aliphatic rings. The highest BCUT2D eigenvalue weighted by Gasteiger charge is 2.28. The standard InChI is InChI=1S/C18H21ClO2/c1-21-17-9-7-15(8-10-17)11-12-18(20,13-14-19)16-5-3-2-4-6-16/h2-10,20H,11-14H2,1H3. The molecule has 112 valence electrons. The van der Waals surface area contributed by atoms with Crippen LogP contribution in [0.5, 0.6) is 5.75 Å². The van der Waals surface area contributed by atoms with Crippen LogP contribution in [0.1, 0.15) is 24.0 Å². The van der Waals surface area contributed by atoms with Gasteiger partial charge < -0.3 is 9.84 Å². The summed E-state index contributed by atoms with van der Waals surface area (Å²) in [5.74, 6) is 1.28. The minimum atomic E-state index is -0.872. The van der Waals surface area contributed by atoms with E-state index in [1.165, 1.54) is 5.56 Å². The molecule has 1 unspecified atom stereocenters. The van der Waals surface area contributed by atoms with Crippen molar-refractivity contribution in [2.24, 2.45) is 0 Å². The van der Waals surface area contributed by atoms with Crippen LogP contribution in [0.15, 0.2) is 54.6 Å². The van der Waals surface area contributed by atoms with Gasteiger partial charge in [0.25, 0.3) is 0 Å². The normalized spacial score (nSPS) is 13.7.